The van der Waals surface area contributed by atoms with Crippen LogP contribution < -0.4 is 4.74 Å². The Morgan fingerprint density at radius 1 is 1.06 bits per heavy atom. The normalized spacial score (nSPS) is 16.6. The molecule has 1 amide bonds. The molecule has 158 valence electrons. The third kappa shape index (κ3) is 4.70. The molecular weight excluding hydrogens is 472 g/mol. The van der Waals surface area contributed by atoms with Crippen LogP contribution in [0.15, 0.2) is 75.0 Å². The Labute approximate surface area is 195 Å². The van der Waals surface area contributed by atoms with E-state index in [9.17, 15) is 4.79 Å². The highest BCUT2D eigenvalue weighted by Gasteiger charge is 2.32. The molecule has 4 nitrogen and oxygen atoms in total. The molecule has 0 N–H and O–H groups in total. The first-order valence-electron chi connectivity index (χ1n) is 10.3. The second-order valence-corrected chi connectivity index (χ2v) is 8.96. The minimum atomic E-state index is -0.00788. The van der Waals surface area contributed by atoms with Gasteiger partial charge in [0.2, 0.25) is 0 Å². The summed E-state index contributed by atoms with van der Waals surface area (Å²) in [4.78, 5) is 19.9. The lowest BCUT2D eigenvalue weighted by molar-refractivity contribution is -0.122. The van der Waals surface area contributed by atoms with Gasteiger partial charge >= 0.3 is 0 Å². The summed E-state index contributed by atoms with van der Waals surface area (Å²) in [7, 11) is 0. The van der Waals surface area contributed by atoms with Crippen molar-refractivity contribution in [3.63, 3.8) is 0 Å². The zero-order valence-corrected chi connectivity index (χ0v) is 19.9. The van der Waals surface area contributed by atoms with Crippen LogP contribution in [-0.4, -0.2) is 29.1 Å². The van der Waals surface area contributed by atoms with E-state index in [-0.39, 0.29) is 5.91 Å². The number of aliphatic imine (C=N–C) groups is 1. The molecule has 4 rings (SSSR count). The summed E-state index contributed by atoms with van der Waals surface area (Å²) in [5.41, 5.74) is 2.00. The molecule has 1 aliphatic rings. The Bertz CT molecular complexity index is 1170. The van der Waals surface area contributed by atoms with Gasteiger partial charge in [0.25, 0.3) is 5.91 Å². The average Bonchev–Trinajstić information content (AvgIpc) is 3.08. The number of amidine groups is 1. The van der Waals surface area contributed by atoms with Crippen LogP contribution in [-0.2, 0) is 11.4 Å². The first kappa shape index (κ1) is 21.7. The van der Waals surface area contributed by atoms with Gasteiger partial charge in [0, 0.05) is 23.1 Å². The highest BCUT2D eigenvalue weighted by atomic mass is 79.9. The smallest absolute Gasteiger partial charge is 0.266 e. The van der Waals surface area contributed by atoms with Gasteiger partial charge in [-0.3, -0.25) is 14.7 Å². The Morgan fingerprint density at radius 3 is 2.58 bits per heavy atom. The lowest BCUT2D eigenvalue weighted by atomic mass is 10.0. The van der Waals surface area contributed by atoms with Crippen LogP contribution in [0.5, 0.6) is 5.75 Å². The van der Waals surface area contributed by atoms with Crippen LogP contribution >= 0.6 is 27.7 Å². The van der Waals surface area contributed by atoms with Crippen LogP contribution in [0.25, 0.3) is 16.8 Å². The summed E-state index contributed by atoms with van der Waals surface area (Å²) in [6.07, 6.45) is 1.95. The predicted molar refractivity (Wildman–Crippen MR) is 133 cm³/mol. The van der Waals surface area contributed by atoms with Gasteiger partial charge in [-0.15, -0.1) is 0 Å². The van der Waals surface area contributed by atoms with Gasteiger partial charge in [0.1, 0.15) is 12.4 Å². The molecule has 0 aliphatic carbocycles. The molecule has 1 aliphatic heterocycles. The monoisotopic (exact) mass is 494 g/mol. The maximum Gasteiger partial charge on any atom is 0.266 e. The molecular formula is C25H23BrN2O2S. The van der Waals surface area contributed by atoms with E-state index in [0.717, 1.165) is 37.3 Å². The van der Waals surface area contributed by atoms with Gasteiger partial charge in [-0.05, 0) is 66.2 Å². The molecule has 0 atom stereocenters. The van der Waals surface area contributed by atoms with Gasteiger partial charge in [0.15, 0.2) is 5.17 Å². The van der Waals surface area contributed by atoms with E-state index in [0.29, 0.717) is 24.6 Å². The lowest BCUT2D eigenvalue weighted by Gasteiger charge is -2.13. The second kappa shape index (κ2) is 9.71. The van der Waals surface area contributed by atoms with E-state index in [1.54, 1.807) is 4.90 Å². The topological polar surface area (TPSA) is 41.9 Å². The summed E-state index contributed by atoms with van der Waals surface area (Å²) in [6, 6.07) is 20.3. The summed E-state index contributed by atoms with van der Waals surface area (Å²) < 4.78 is 7.26. The predicted octanol–water partition coefficient (Wildman–Crippen LogP) is 6.49. The van der Waals surface area contributed by atoms with Crippen LogP contribution in [0.2, 0.25) is 0 Å². The minimum absolute atomic E-state index is 0.00788. The van der Waals surface area contributed by atoms with Crippen molar-refractivity contribution >= 4 is 55.6 Å². The van der Waals surface area contributed by atoms with Crippen molar-refractivity contribution in [3.8, 4) is 5.75 Å². The molecule has 1 saturated heterocycles. The largest absolute Gasteiger partial charge is 0.488 e. The van der Waals surface area contributed by atoms with Crippen LogP contribution in [0.4, 0.5) is 0 Å². The molecule has 0 saturated carbocycles. The molecule has 0 spiro atoms. The third-order valence-electron chi connectivity index (χ3n) is 5.01. The van der Waals surface area contributed by atoms with E-state index < -0.39 is 0 Å². The van der Waals surface area contributed by atoms with Crippen molar-refractivity contribution in [3.05, 3.63) is 81.2 Å². The maximum atomic E-state index is 13.0. The van der Waals surface area contributed by atoms with Crippen molar-refractivity contribution in [2.75, 3.05) is 13.1 Å². The van der Waals surface area contributed by atoms with Crippen LogP contribution in [0, 0.1) is 0 Å². The summed E-state index contributed by atoms with van der Waals surface area (Å²) in [5, 5.41) is 2.93. The average molecular weight is 495 g/mol. The number of halogens is 1. The number of nitrogens with zero attached hydrogens (tertiary/aromatic N) is 2. The Balaban J connectivity index is 1.74. The molecule has 3 aromatic rings. The molecule has 0 bridgehead atoms. The molecule has 6 heteroatoms. The van der Waals surface area contributed by atoms with Crippen molar-refractivity contribution in [2.45, 2.75) is 20.5 Å². The fourth-order valence-corrected chi connectivity index (χ4v) is 4.81. The first-order valence-corrected chi connectivity index (χ1v) is 11.9. The molecule has 3 aromatic carbocycles. The van der Waals surface area contributed by atoms with Gasteiger partial charge in [-0.2, -0.15) is 0 Å². The molecule has 31 heavy (non-hydrogen) atoms. The fraction of sp³-hybridized carbons (Fsp3) is 0.200. The van der Waals surface area contributed by atoms with Crippen molar-refractivity contribution < 1.29 is 9.53 Å². The number of ether oxygens (including phenoxy) is 1. The quantitative estimate of drug-likeness (QED) is 0.367. The number of amides is 1. The van der Waals surface area contributed by atoms with E-state index in [1.165, 1.54) is 11.8 Å². The molecule has 1 heterocycles. The van der Waals surface area contributed by atoms with E-state index in [2.05, 4.69) is 39.1 Å². The fourth-order valence-electron chi connectivity index (χ4n) is 3.46. The van der Waals surface area contributed by atoms with Crippen LogP contribution in [0.1, 0.15) is 25.0 Å². The second-order valence-electron chi connectivity index (χ2n) is 7.03. The number of benzene rings is 3. The Kier molecular flexibility index (Phi) is 6.78. The molecule has 1 fully saturated rings. The molecule has 0 radical (unpaired) electrons. The highest BCUT2D eigenvalue weighted by Crippen LogP contribution is 2.37. The van der Waals surface area contributed by atoms with Gasteiger partial charge in [-0.1, -0.05) is 58.4 Å². The van der Waals surface area contributed by atoms with Crippen LogP contribution in [0.3, 0.4) is 0 Å². The first-order chi connectivity index (χ1) is 15.1. The molecule has 0 aromatic heterocycles. The van der Waals surface area contributed by atoms with Gasteiger partial charge in [0.05, 0.1) is 4.91 Å². The van der Waals surface area contributed by atoms with Gasteiger partial charge in [-0.25, -0.2) is 0 Å². The standard InChI is InChI=1S/C25H23BrN2O2S/c1-3-27-25-28(4-2)24(29)23(31-25)15-21-20-8-6-5-7-18(20)11-14-22(21)30-16-17-9-12-19(26)13-10-17/h5-15H,3-4,16H2,1-2H3/b23-15+,27-25?. The number of carbonyl (C=O) groups is 1. The number of carbonyl (C=O) groups excluding carboxylic acids is 1. The number of hydrogen-bond acceptors (Lipinski definition) is 4. The number of hydrogen-bond donors (Lipinski definition) is 0. The summed E-state index contributed by atoms with van der Waals surface area (Å²) in [6.45, 7) is 5.65. The van der Waals surface area contributed by atoms with E-state index >= 15 is 0 Å². The van der Waals surface area contributed by atoms with Gasteiger partial charge < -0.3 is 4.74 Å². The highest BCUT2D eigenvalue weighted by molar-refractivity contribution is 9.10. The Hall–Kier alpha value is -2.57. The SMILES string of the molecule is CCN=C1S/C(=C/c2c(OCc3ccc(Br)cc3)ccc3ccccc23)C(=O)N1CC. The third-order valence-corrected chi connectivity index (χ3v) is 6.58. The summed E-state index contributed by atoms with van der Waals surface area (Å²) >= 11 is 4.90. The van der Waals surface area contributed by atoms with Crippen molar-refractivity contribution in [2.24, 2.45) is 4.99 Å². The lowest BCUT2D eigenvalue weighted by Crippen LogP contribution is -2.28. The number of thioether (sulfide) groups is 1. The zero-order chi connectivity index (χ0) is 21.8. The molecule has 0 unspecified atom stereocenters. The minimum Gasteiger partial charge on any atom is -0.488 e. The number of likely N-dealkylation sites (N-methyl/N-ethyl adjacent to an activating group) is 1. The van der Waals surface area contributed by atoms with E-state index in [4.69, 9.17) is 4.74 Å². The Morgan fingerprint density at radius 2 is 1.84 bits per heavy atom. The number of rotatable bonds is 6. The maximum absolute atomic E-state index is 13.0. The summed E-state index contributed by atoms with van der Waals surface area (Å²) in [5.74, 6) is 0.748. The van der Waals surface area contributed by atoms with E-state index in [1.807, 2.05) is 62.4 Å². The number of fused-ring (bicyclic) bond motifs is 1. The van der Waals surface area contributed by atoms with Crippen molar-refractivity contribution in [1.82, 2.24) is 4.90 Å². The zero-order valence-electron chi connectivity index (χ0n) is 17.5. The van der Waals surface area contributed by atoms with Crippen molar-refractivity contribution in [1.29, 1.82) is 0 Å².